The normalized spacial score (nSPS) is 17.6. The molecule has 1 aliphatic heterocycles. The van der Waals surface area contributed by atoms with Gasteiger partial charge in [-0.15, -0.1) is 0 Å². The zero-order valence-electron chi connectivity index (χ0n) is 17.2. The van der Waals surface area contributed by atoms with Gasteiger partial charge in [-0.2, -0.15) is 0 Å². The highest BCUT2D eigenvalue weighted by Crippen LogP contribution is 2.46. The first kappa shape index (κ1) is 20.8. The van der Waals surface area contributed by atoms with E-state index >= 15 is 0 Å². The molecule has 3 rings (SSSR count). The van der Waals surface area contributed by atoms with Crippen molar-refractivity contribution < 1.29 is 28.8 Å². The average Bonchev–Trinajstić information content (AvgIpc) is 3.23. The molecule has 1 aliphatic rings. The number of nitrogens with zero attached hydrogens (tertiary/aromatic N) is 1. The van der Waals surface area contributed by atoms with E-state index in [0.717, 1.165) is 23.3 Å². The van der Waals surface area contributed by atoms with Gasteiger partial charge in [0.05, 0.1) is 34.5 Å². The Hall–Kier alpha value is -2.93. The summed E-state index contributed by atoms with van der Waals surface area (Å²) in [4.78, 5) is 13.9. The lowest BCUT2D eigenvalue weighted by Crippen LogP contribution is -2.39. The van der Waals surface area contributed by atoms with Gasteiger partial charge in [0, 0.05) is 12.1 Å². The minimum Gasteiger partial charge on any atom is -0.497 e. The fraction of sp³-hybridized carbons (Fsp3) is 0.409. The van der Waals surface area contributed by atoms with E-state index in [2.05, 4.69) is 0 Å². The van der Waals surface area contributed by atoms with Gasteiger partial charge in [-0.25, -0.2) is 0 Å². The van der Waals surface area contributed by atoms with Crippen molar-refractivity contribution in [1.82, 2.24) is 4.90 Å². The summed E-state index contributed by atoms with van der Waals surface area (Å²) >= 11 is 0. The van der Waals surface area contributed by atoms with Crippen LogP contribution >= 0.6 is 0 Å². The highest BCUT2D eigenvalue weighted by atomic mass is 16.5. The Balaban J connectivity index is 2.18. The maximum absolute atomic E-state index is 11.9. The van der Waals surface area contributed by atoms with Crippen LogP contribution in [0.15, 0.2) is 36.4 Å². The molecule has 0 saturated carbocycles. The number of rotatable bonds is 8. The Bertz CT molecular complexity index is 851. The van der Waals surface area contributed by atoms with Gasteiger partial charge in [-0.3, -0.25) is 9.69 Å². The third-order valence-electron chi connectivity index (χ3n) is 5.37. The molecule has 0 aromatic heterocycles. The molecular weight excluding hydrogens is 374 g/mol. The van der Waals surface area contributed by atoms with Gasteiger partial charge in [-0.05, 0) is 42.7 Å². The summed E-state index contributed by atoms with van der Waals surface area (Å²) in [5, 5.41) is 9.78. The molecule has 0 aliphatic carbocycles. The number of carboxylic acids is 1. The van der Waals surface area contributed by atoms with Gasteiger partial charge in [0.15, 0.2) is 11.5 Å². The van der Waals surface area contributed by atoms with Crippen LogP contribution in [-0.2, 0) is 4.79 Å². The van der Waals surface area contributed by atoms with E-state index in [-0.39, 0.29) is 6.04 Å². The molecule has 2 atom stereocenters. The second-order valence-corrected chi connectivity index (χ2v) is 6.83. The molecule has 7 nitrogen and oxygen atoms in total. The molecule has 0 amide bonds. The minimum atomic E-state index is -0.819. The van der Waals surface area contributed by atoms with E-state index in [1.165, 1.54) is 0 Å². The van der Waals surface area contributed by atoms with Crippen LogP contribution in [0.3, 0.4) is 0 Å². The van der Waals surface area contributed by atoms with Crippen molar-refractivity contribution in [3.8, 4) is 23.0 Å². The van der Waals surface area contributed by atoms with Gasteiger partial charge in [-0.1, -0.05) is 12.1 Å². The molecule has 0 bridgehead atoms. The van der Waals surface area contributed by atoms with Crippen molar-refractivity contribution in [2.45, 2.75) is 24.9 Å². The molecular formula is C22H27NO6. The molecule has 2 aromatic carbocycles. The lowest BCUT2D eigenvalue weighted by molar-refractivity contribution is -0.142. The molecule has 29 heavy (non-hydrogen) atoms. The predicted octanol–water partition coefficient (Wildman–Crippen LogP) is 3.36. The highest BCUT2D eigenvalue weighted by molar-refractivity contribution is 5.74. The van der Waals surface area contributed by atoms with E-state index in [4.69, 9.17) is 18.9 Å². The maximum atomic E-state index is 11.9. The van der Waals surface area contributed by atoms with Crippen LogP contribution in [0.5, 0.6) is 23.0 Å². The van der Waals surface area contributed by atoms with Gasteiger partial charge in [0.2, 0.25) is 5.75 Å². The fourth-order valence-electron chi connectivity index (χ4n) is 4.04. The third kappa shape index (κ3) is 3.96. The van der Waals surface area contributed by atoms with E-state index < -0.39 is 12.0 Å². The second kappa shape index (κ2) is 9.05. The number of benzene rings is 2. The molecule has 2 unspecified atom stereocenters. The molecule has 7 heteroatoms. The number of hydrogen-bond acceptors (Lipinski definition) is 6. The summed E-state index contributed by atoms with van der Waals surface area (Å²) in [7, 11) is 6.32. The molecule has 1 fully saturated rings. The Morgan fingerprint density at radius 2 is 1.66 bits per heavy atom. The number of carboxylic acid groups (broad SMARTS) is 1. The first-order valence-corrected chi connectivity index (χ1v) is 9.47. The Labute approximate surface area is 170 Å². The van der Waals surface area contributed by atoms with Gasteiger partial charge >= 0.3 is 5.97 Å². The average molecular weight is 401 g/mol. The third-order valence-corrected chi connectivity index (χ3v) is 5.37. The van der Waals surface area contributed by atoms with Crippen LogP contribution in [0.1, 0.15) is 30.0 Å². The summed E-state index contributed by atoms with van der Waals surface area (Å²) in [5.41, 5.74) is 1.77. The monoisotopic (exact) mass is 401 g/mol. The van der Waals surface area contributed by atoms with Crippen LogP contribution in [0, 0.1) is 0 Å². The molecule has 1 N–H and O–H groups in total. The molecule has 2 aromatic rings. The molecule has 1 saturated heterocycles. The van der Waals surface area contributed by atoms with Crippen molar-refractivity contribution in [2.24, 2.45) is 0 Å². The largest absolute Gasteiger partial charge is 0.497 e. The van der Waals surface area contributed by atoms with Crippen LogP contribution < -0.4 is 18.9 Å². The number of ether oxygens (including phenoxy) is 4. The lowest BCUT2D eigenvalue weighted by Gasteiger charge is -2.33. The quantitative estimate of drug-likeness (QED) is 0.727. The van der Waals surface area contributed by atoms with Crippen molar-refractivity contribution in [3.63, 3.8) is 0 Å². The first-order chi connectivity index (χ1) is 14.0. The SMILES string of the molecule is COc1ccc(C(c2ccc(OC)c(OC)c2OC)N2CCCC2C(=O)O)cc1. The summed E-state index contributed by atoms with van der Waals surface area (Å²) in [6.45, 7) is 0.672. The van der Waals surface area contributed by atoms with E-state index in [0.29, 0.717) is 30.2 Å². The topological polar surface area (TPSA) is 77.5 Å². The zero-order valence-corrected chi connectivity index (χ0v) is 17.2. The summed E-state index contributed by atoms with van der Waals surface area (Å²) in [6.07, 6.45) is 1.43. The predicted molar refractivity (Wildman–Crippen MR) is 108 cm³/mol. The van der Waals surface area contributed by atoms with E-state index in [1.807, 2.05) is 41.3 Å². The number of carbonyl (C=O) groups is 1. The van der Waals surface area contributed by atoms with Crippen molar-refractivity contribution >= 4 is 5.97 Å². The standard InChI is InChI=1S/C22H27NO6/c1-26-15-9-7-14(8-10-15)19(23-13-5-6-17(23)22(24)25)16-11-12-18(27-2)21(29-4)20(16)28-3/h7-12,17,19H,5-6,13H2,1-4H3,(H,24,25). The van der Waals surface area contributed by atoms with Crippen molar-refractivity contribution in [2.75, 3.05) is 35.0 Å². The van der Waals surface area contributed by atoms with Gasteiger partial charge in [0.1, 0.15) is 11.8 Å². The summed E-state index contributed by atoms with van der Waals surface area (Å²) in [6, 6.07) is 10.5. The van der Waals surface area contributed by atoms with E-state index in [9.17, 15) is 9.90 Å². The second-order valence-electron chi connectivity index (χ2n) is 6.83. The van der Waals surface area contributed by atoms with Crippen molar-refractivity contribution in [1.29, 1.82) is 0 Å². The Kier molecular flexibility index (Phi) is 6.49. The zero-order chi connectivity index (χ0) is 21.0. The first-order valence-electron chi connectivity index (χ1n) is 9.47. The number of hydrogen-bond donors (Lipinski definition) is 1. The van der Waals surface area contributed by atoms with Crippen LogP contribution in [0.2, 0.25) is 0 Å². The van der Waals surface area contributed by atoms with Crippen LogP contribution in [0.4, 0.5) is 0 Å². The molecule has 156 valence electrons. The van der Waals surface area contributed by atoms with Gasteiger partial charge < -0.3 is 24.1 Å². The van der Waals surface area contributed by atoms with Crippen LogP contribution in [0.25, 0.3) is 0 Å². The maximum Gasteiger partial charge on any atom is 0.320 e. The highest BCUT2D eigenvalue weighted by Gasteiger charge is 2.38. The lowest BCUT2D eigenvalue weighted by atomic mass is 9.94. The summed E-state index contributed by atoms with van der Waals surface area (Å²) < 4.78 is 21.9. The summed E-state index contributed by atoms with van der Waals surface area (Å²) in [5.74, 6) is 1.49. The van der Waals surface area contributed by atoms with Crippen molar-refractivity contribution in [3.05, 3.63) is 47.5 Å². The minimum absolute atomic E-state index is 0.320. The Morgan fingerprint density at radius 3 is 2.21 bits per heavy atom. The number of aliphatic carboxylic acids is 1. The van der Waals surface area contributed by atoms with Crippen LogP contribution in [-0.4, -0.2) is 57.0 Å². The molecule has 0 spiro atoms. The number of methoxy groups -OCH3 is 4. The molecule has 0 radical (unpaired) electrons. The fourth-order valence-corrected chi connectivity index (χ4v) is 4.04. The van der Waals surface area contributed by atoms with E-state index in [1.54, 1.807) is 28.4 Å². The smallest absolute Gasteiger partial charge is 0.320 e. The molecule has 1 heterocycles. The number of likely N-dealkylation sites (tertiary alicyclic amines) is 1. The van der Waals surface area contributed by atoms with Gasteiger partial charge in [0.25, 0.3) is 0 Å². The Morgan fingerprint density at radius 1 is 0.966 bits per heavy atom.